The van der Waals surface area contributed by atoms with Crippen LogP contribution in [0.4, 0.5) is 5.82 Å². The molecule has 18 heavy (non-hydrogen) atoms. The number of pyridine rings is 1. The molecule has 0 unspecified atom stereocenters. The van der Waals surface area contributed by atoms with Gasteiger partial charge in [-0.2, -0.15) is 0 Å². The van der Waals surface area contributed by atoms with E-state index in [-0.39, 0.29) is 6.61 Å². The Morgan fingerprint density at radius 2 is 1.89 bits per heavy atom. The van der Waals surface area contributed by atoms with Crippen LogP contribution >= 0.6 is 0 Å². The van der Waals surface area contributed by atoms with E-state index in [1.165, 1.54) is 0 Å². The quantitative estimate of drug-likeness (QED) is 0.807. The summed E-state index contributed by atoms with van der Waals surface area (Å²) in [7, 11) is 2.09. The highest BCUT2D eigenvalue weighted by Gasteiger charge is 2.13. The van der Waals surface area contributed by atoms with E-state index in [0.29, 0.717) is 6.04 Å². The van der Waals surface area contributed by atoms with Gasteiger partial charge in [-0.15, -0.1) is 0 Å². The molecule has 102 valence electrons. The number of rotatable bonds is 7. The Morgan fingerprint density at radius 3 is 2.39 bits per heavy atom. The summed E-state index contributed by atoms with van der Waals surface area (Å²) in [5, 5.41) is 9.34. The van der Waals surface area contributed by atoms with Crippen LogP contribution < -0.4 is 4.90 Å². The molecular formula is C15H26N2O. The van der Waals surface area contributed by atoms with E-state index in [9.17, 15) is 5.11 Å². The van der Waals surface area contributed by atoms with Gasteiger partial charge in [0.05, 0.1) is 6.61 Å². The highest BCUT2D eigenvalue weighted by atomic mass is 16.3. The van der Waals surface area contributed by atoms with Gasteiger partial charge < -0.3 is 10.0 Å². The van der Waals surface area contributed by atoms with Gasteiger partial charge in [0, 0.05) is 18.8 Å². The summed E-state index contributed by atoms with van der Waals surface area (Å²) in [5.74, 6) is 0.985. The molecule has 3 nitrogen and oxygen atoms in total. The monoisotopic (exact) mass is 250 g/mol. The SMILES string of the molecule is CCCc1cc(CO)cc(N(C)C(CC)CC)n1. The maximum atomic E-state index is 9.34. The van der Waals surface area contributed by atoms with Crippen molar-refractivity contribution in [3.8, 4) is 0 Å². The van der Waals surface area contributed by atoms with Gasteiger partial charge >= 0.3 is 0 Å². The predicted molar refractivity (Wildman–Crippen MR) is 76.9 cm³/mol. The molecule has 0 fully saturated rings. The van der Waals surface area contributed by atoms with Crippen molar-refractivity contribution in [2.24, 2.45) is 0 Å². The topological polar surface area (TPSA) is 36.4 Å². The first-order chi connectivity index (χ1) is 8.65. The minimum atomic E-state index is 0.0863. The van der Waals surface area contributed by atoms with Crippen LogP contribution in [0, 0.1) is 0 Å². The Hall–Kier alpha value is -1.09. The molecule has 1 aromatic rings. The zero-order valence-electron chi connectivity index (χ0n) is 12.1. The molecule has 1 rings (SSSR count). The summed E-state index contributed by atoms with van der Waals surface area (Å²) in [4.78, 5) is 6.94. The molecule has 0 spiro atoms. The molecule has 1 aromatic heterocycles. The average molecular weight is 250 g/mol. The summed E-state index contributed by atoms with van der Waals surface area (Å²) in [6.07, 6.45) is 4.27. The molecule has 0 atom stereocenters. The van der Waals surface area contributed by atoms with Crippen molar-refractivity contribution in [2.45, 2.75) is 59.1 Å². The molecule has 0 aromatic carbocycles. The van der Waals surface area contributed by atoms with Crippen molar-refractivity contribution in [3.05, 3.63) is 23.4 Å². The summed E-state index contributed by atoms with van der Waals surface area (Å²) < 4.78 is 0. The standard InChI is InChI=1S/C15H26N2O/c1-5-8-13-9-12(11-18)10-15(16-13)17(4)14(6-2)7-3/h9-10,14,18H,5-8,11H2,1-4H3. The van der Waals surface area contributed by atoms with Gasteiger partial charge in [0.1, 0.15) is 5.82 Å². The van der Waals surface area contributed by atoms with Gasteiger partial charge in [0.15, 0.2) is 0 Å². The molecule has 1 heterocycles. The lowest BCUT2D eigenvalue weighted by Crippen LogP contribution is -2.31. The van der Waals surface area contributed by atoms with E-state index < -0.39 is 0 Å². The molecule has 0 saturated heterocycles. The van der Waals surface area contributed by atoms with Gasteiger partial charge in [-0.05, 0) is 37.0 Å². The van der Waals surface area contributed by atoms with Gasteiger partial charge in [-0.25, -0.2) is 4.98 Å². The van der Waals surface area contributed by atoms with Crippen molar-refractivity contribution >= 4 is 5.82 Å². The molecule has 0 bridgehead atoms. The van der Waals surface area contributed by atoms with Crippen molar-refractivity contribution in [1.29, 1.82) is 0 Å². The van der Waals surface area contributed by atoms with Crippen LogP contribution in [0.2, 0.25) is 0 Å². The van der Waals surface area contributed by atoms with Gasteiger partial charge in [-0.3, -0.25) is 0 Å². The summed E-state index contributed by atoms with van der Waals surface area (Å²) in [5.41, 5.74) is 2.04. The fourth-order valence-corrected chi connectivity index (χ4v) is 2.31. The van der Waals surface area contributed by atoms with Crippen LogP contribution in [0.5, 0.6) is 0 Å². The Labute approximate surface area is 111 Å². The van der Waals surface area contributed by atoms with E-state index in [2.05, 4.69) is 32.7 Å². The lowest BCUT2D eigenvalue weighted by atomic mass is 10.1. The summed E-state index contributed by atoms with van der Waals surface area (Å²) >= 11 is 0. The van der Waals surface area contributed by atoms with Crippen molar-refractivity contribution in [1.82, 2.24) is 4.98 Å². The Kier molecular flexibility index (Phi) is 6.13. The van der Waals surface area contributed by atoms with Crippen molar-refractivity contribution in [2.75, 3.05) is 11.9 Å². The van der Waals surface area contributed by atoms with Gasteiger partial charge in [-0.1, -0.05) is 27.2 Å². The van der Waals surface area contributed by atoms with Crippen LogP contribution in [-0.2, 0) is 13.0 Å². The number of aryl methyl sites for hydroxylation is 1. The third-order valence-electron chi connectivity index (χ3n) is 3.46. The Morgan fingerprint density at radius 1 is 1.22 bits per heavy atom. The average Bonchev–Trinajstić information content (AvgIpc) is 2.40. The predicted octanol–water partition coefficient (Wildman–Crippen LogP) is 3.15. The largest absolute Gasteiger partial charge is 0.392 e. The zero-order chi connectivity index (χ0) is 13.5. The minimum Gasteiger partial charge on any atom is -0.392 e. The first kappa shape index (κ1) is 15.0. The number of aliphatic hydroxyl groups excluding tert-OH is 1. The minimum absolute atomic E-state index is 0.0863. The number of anilines is 1. The van der Waals surface area contributed by atoms with Crippen LogP contribution in [0.25, 0.3) is 0 Å². The smallest absolute Gasteiger partial charge is 0.129 e. The molecule has 0 amide bonds. The molecule has 3 heteroatoms. The van der Waals surface area contributed by atoms with E-state index in [4.69, 9.17) is 4.98 Å². The Balaban J connectivity index is 3.02. The molecule has 0 aliphatic rings. The van der Waals surface area contributed by atoms with Crippen molar-refractivity contribution in [3.63, 3.8) is 0 Å². The zero-order valence-corrected chi connectivity index (χ0v) is 12.1. The lowest BCUT2D eigenvalue weighted by Gasteiger charge is -2.28. The number of aromatic nitrogens is 1. The van der Waals surface area contributed by atoms with E-state index in [1.807, 2.05) is 12.1 Å². The van der Waals surface area contributed by atoms with Crippen LogP contribution in [0.1, 0.15) is 51.3 Å². The van der Waals surface area contributed by atoms with Crippen molar-refractivity contribution < 1.29 is 5.11 Å². The van der Waals surface area contributed by atoms with E-state index in [0.717, 1.165) is 42.8 Å². The fourth-order valence-electron chi connectivity index (χ4n) is 2.31. The third kappa shape index (κ3) is 3.70. The highest BCUT2D eigenvalue weighted by Crippen LogP contribution is 2.19. The molecule has 0 aliphatic heterocycles. The summed E-state index contributed by atoms with van der Waals surface area (Å²) in [6.45, 7) is 6.64. The second-order valence-electron chi connectivity index (χ2n) is 4.81. The third-order valence-corrected chi connectivity index (χ3v) is 3.46. The molecular weight excluding hydrogens is 224 g/mol. The van der Waals surface area contributed by atoms with Crippen LogP contribution in [0.3, 0.4) is 0 Å². The van der Waals surface area contributed by atoms with Crippen LogP contribution in [-0.4, -0.2) is 23.2 Å². The first-order valence-corrected chi connectivity index (χ1v) is 6.99. The number of hydrogen-bond acceptors (Lipinski definition) is 3. The normalized spacial score (nSPS) is 11.0. The molecule has 0 saturated carbocycles. The molecule has 0 radical (unpaired) electrons. The number of hydrogen-bond donors (Lipinski definition) is 1. The van der Waals surface area contributed by atoms with E-state index >= 15 is 0 Å². The fraction of sp³-hybridized carbons (Fsp3) is 0.667. The maximum Gasteiger partial charge on any atom is 0.129 e. The second kappa shape index (κ2) is 7.37. The summed E-state index contributed by atoms with van der Waals surface area (Å²) in [6, 6.07) is 4.52. The highest BCUT2D eigenvalue weighted by molar-refractivity contribution is 5.43. The molecule has 0 aliphatic carbocycles. The Bertz CT molecular complexity index is 362. The lowest BCUT2D eigenvalue weighted by molar-refractivity contribution is 0.281. The molecule has 1 N–H and O–H groups in total. The number of nitrogens with zero attached hydrogens (tertiary/aromatic N) is 2. The second-order valence-corrected chi connectivity index (χ2v) is 4.81. The van der Waals surface area contributed by atoms with Crippen LogP contribution in [0.15, 0.2) is 12.1 Å². The number of aliphatic hydroxyl groups is 1. The van der Waals surface area contributed by atoms with Gasteiger partial charge in [0.25, 0.3) is 0 Å². The first-order valence-electron chi connectivity index (χ1n) is 6.99. The van der Waals surface area contributed by atoms with Gasteiger partial charge in [0.2, 0.25) is 0 Å². The maximum absolute atomic E-state index is 9.34. The van der Waals surface area contributed by atoms with E-state index in [1.54, 1.807) is 0 Å².